The van der Waals surface area contributed by atoms with Gasteiger partial charge in [0.25, 0.3) is 0 Å². The first kappa shape index (κ1) is 14.1. The molecule has 1 N–H and O–H groups in total. The minimum Gasteiger partial charge on any atom is -0.312 e. The van der Waals surface area contributed by atoms with Crippen molar-refractivity contribution in [1.82, 2.24) is 5.32 Å². The Bertz CT molecular complexity index is 344. The Labute approximate surface area is 115 Å². The number of hydrogen-bond donors (Lipinski definition) is 1. The van der Waals surface area contributed by atoms with Crippen LogP contribution in [0, 0.1) is 0 Å². The molecule has 4 heteroatoms. The van der Waals surface area contributed by atoms with Gasteiger partial charge in [-0.25, -0.2) is 0 Å². The molecule has 0 atom stereocenters. The molecular formula is C12H15BrClNS. The second-order valence-electron chi connectivity index (χ2n) is 3.28. The van der Waals surface area contributed by atoms with Gasteiger partial charge in [0.1, 0.15) is 0 Å². The molecular weight excluding hydrogens is 306 g/mol. The van der Waals surface area contributed by atoms with E-state index in [0.717, 1.165) is 34.1 Å². The highest BCUT2D eigenvalue weighted by atomic mass is 79.9. The van der Waals surface area contributed by atoms with Gasteiger partial charge >= 0.3 is 0 Å². The van der Waals surface area contributed by atoms with Gasteiger partial charge in [0, 0.05) is 34.1 Å². The Hall–Kier alpha value is 0.0400. The molecule has 0 fully saturated rings. The molecule has 0 aliphatic heterocycles. The van der Waals surface area contributed by atoms with Gasteiger partial charge < -0.3 is 5.32 Å². The van der Waals surface area contributed by atoms with Crippen molar-refractivity contribution in [1.29, 1.82) is 0 Å². The largest absolute Gasteiger partial charge is 0.312 e. The van der Waals surface area contributed by atoms with Gasteiger partial charge in [0.05, 0.1) is 0 Å². The van der Waals surface area contributed by atoms with Crippen LogP contribution in [0.15, 0.2) is 35.3 Å². The Balaban J connectivity index is 2.24. The number of halogens is 2. The summed E-state index contributed by atoms with van der Waals surface area (Å²) in [6, 6.07) is 5.87. The van der Waals surface area contributed by atoms with Gasteiger partial charge in [-0.3, -0.25) is 0 Å². The molecule has 0 spiro atoms. The fourth-order valence-corrected chi connectivity index (χ4v) is 2.64. The van der Waals surface area contributed by atoms with Gasteiger partial charge in [-0.15, -0.1) is 6.58 Å². The van der Waals surface area contributed by atoms with Crippen molar-refractivity contribution in [2.75, 3.05) is 18.1 Å². The molecule has 0 amide bonds. The number of thioether (sulfide) groups is 1. The Morgan fingerprint density at radius 3 is 3.00 bits per heavy atom. The fourth-order valence-electron chi connectivity index (χ4n) is 1.20. The maximum Gasteiger partial charge on any atom is 0.0417 e. The zero-order valence-corrected chi connectivity index (χ0v) is 12.2. The second kappa shape index (κ2) is 8.18. The maximum absolute atomic E-state index is 5.87. The molecule has 0 aromatic heterocycles. The first-order chi connectivity index (χ1) is 7.74. The molecule has 1 aromatic rings. The van der Waals surface area contributed by atoms with E-state index in [1.807, 2.05) is 36.0 Å². The van der Waals surface area contributed by atoms with Crippen molar-refractivity contribution < 1.29 is 0 Å². The third-order valence-corrected chi connectivity index (χ3v) is 3.93. The number of nitrogens with one attached hydrogen (secondary N) is 1. The lowest BCUT2D eigenvalue weighted by molar-refractivity contribution is 0.730. The zero-order chi connectivity index (χ0) is 11.8. The van der Waals surface area contributed by atoms with E-state index in [4.69, 9.17) is 11.6 Å². The quantitative estimate of drug-likeness (QED) is 0.599. The Kier molecular flexibility index (Phi) is 7.21. The SMILES string of the molecule is C=CCSCCNCc1ccc(Cl)cc1Br. The predicted octanol–water partition coefficient (Wildman–Crippen LogP) is 4.11. The number of benzene rings is 1. The summed E-state index contributed by atoms with van der Waals surface area (Å²) >= 11 is 11.3. The summed E-state index contributed by atoms with van der Waals surface area (Å²) in [6.45, 7) is 5.56. The maximum atomic E-state index is 5.87. The molecule has 16 heavy (non-hydrogen) atoms. The Morgan fingerprint density at radius 1 is 1.50 bits per heavy atom. The third kappa shape index (κ3) is 5.39. The molecule has 0 heterocycles. The van der Waals surface area contributed by atoms with E-state index in [1.54, 1.807) is 0 Å². The molecule has 0 bridgehead atoms. The summed E-state index contributed by atoms with van der Waals surface area (Å²) in [4.78, 5) is 0. The van der Waals surface area contributed by atoms with Gasteiger partial charge in [0.2, 0.25) is 0 Å². The summed E-state index contributed by atoms with van der Waals surface area (Å²) in [5.74, 6) is 2.13. The minimum absolute atomic E-state index is 0.761. The average Bonchev–Trinajstić information content (AvgIpc) is 2.26. The van der Waals surface area contributed by atoms with Crippen LogP contribution < -0.4 is 5.32 Å². The molecule has 0 saturated carbocycles. The van der Waals surface area contributed by atoms with Crippen molar-refractivity contribution in [2.24, 2.45) is 0 Å². The van der Waals surface area contributed by atoms with Crippen LogP contribution >= 0.6 is 39.3 Å². The Morgan fingerprint density at radius 2 is 2.31 bits per heavy atom. The first-order valence-electron chi connectivity index (χ1n) is 5.07. The van der Waals surface area contributed by atoms with Crippen LogP contribution in [0.2, 0.25) is 5.02 Å². The number of rotatable bonds is 7. The molecule has 0 unspecified atom stereocenters. The van der Waals surface area contributed by atoms with Crippen LogP contribution in [-0.2, 0) is 6.54 Å². The van der Waals surface area contributed by atoms with Crippen LogP contribution in [0.3, 0.4) is 0 Å². The topological polar surface area (TPSA) is 12.0 Å². The molecule has 0 aliphatic carbocycles. The smallest absolute Gasteiger partial charge is 0.0417 e. The summed E-state index contributed by atoms with van der Waals surface area (Å²) in [6.07, 6.45) is 1.93. The highest BCUT2D eigenvalue weighted by Gasteiger charge is 1.99. The van der Waals surface area contributed by atoms with Crippen molar-refractivity contribution in [3.05, 3.63) is 45.9 Å². The lowest BCUT2D eigenvalue weighted by Crippen LogP contribution is -2.16. The van der Waals surface area contributed by atoms with Crippen LogP contribution in [-0.4, -0.2) is 18.1 Å². The van der Waals surface area contributed by atoms with Crippen molar-refractivity contribution in [3.63, 3.8) is 0 Å². The average molecular weight is 321 g/mol. The highest BCUT2D eigenvalue weighted by molar-refractivity contribution is 9.10. The second-order valence-corrected chi connectivity index (χ2v) is 5.72. The summed E-state index contributed by atoms with van der Waals surface area (Å²) < 4.78 is 1.06. The molecule has 0 radical (unpaired) electrons. The van der Waals surface area contributed by atoms with E-state index in [1.165, 1.54) is 5.56 Å². The lowest BCUT2D eigenvalue weighted by atomic mass is 10.2. The minimum atomic E-state index is 0.761. The fraction of sp³-hybridized carbons (Fsp3) is 0.333. The van der Waals surface area contributed by atoms with Crippen LogP contribution in [0.4, 0.5) is 0 Å². The predicted molar refractivity (Wildman–Crippen MR) is 78.4 cm³/mol. The number of hydrogen-bond acceptors (Lipinski definition) is 2. The molecule has 88 valence electrons. The summed E-state index contributed by atoms with van der Waals surface area (Å²) in [5, 5.41) is 4.15. The van der Waals surface area contributed by atoms with Crippen molar-refractivity contribution >= 4 is 39.3 Å². The first-order valence-corrected chi connectivity index (χ1v) is 7.40. The molecule has 0 aliphatic rings. The lowest BCUT2D eigenvalue weighted by Gasteiger charge is -2.06. The zero-order valence-electron chi connectivity index (χ0n) is 9.01. The van der Waals surface area contributed by atoms with Gasteiger partial charge in [0.15, 0.2) is 0 Å². The monoisotopic (exact) mass is 319 g/mol. The molecule has 1 nitrogen and oxygen atoms in total. The normalized spacial score (nSPS) is 10.4. The standard InChI is InChI=1S/C12H15BrClNS/c1-2-6-16-7-5-15-9-10-3-4-11(14)8-12(10)13/h2-4,8,15H,1,5-7,9H2. The van der Waals surface area contributed by atoms with Crippen LogP contribution in [0.1, 0.15) is 5.56 Å². The van der Waals surface area contributed by atoms with Gasteiger partial charge in [-0.05, 0) is 17.7 Å². The van der Waals surface area contributed by atoms with E-state index >= 15 is 0 Å². The van der Waals surface area contributed by atoms with Crippen LogP contribution in [0.5, 0.6) is 0 Å². The molecule has 1 aromatic carbocycles. The van der Waals surface area contributed by atoms with Crippen LogP contribution in [0.25, 0.3) is 0 Å². The highest BCUT2D eigenvalue weighted by Crippen LogP contribution is 2.21. The van der Waals surface area contributed by atoms with E-state index in [9.17, 15) is 0 Å². The van der Waals surface area contributed by atoms with E-state index in [0.29, 0.717) is 0 Å². The summed E-state index contributed by atoms with van der Waals surface area (Å²) in [7, 11) is 0. The summed E-state index contributed by atoms with van der Waals surface area (Å²) in [5.41, 5.74) is 1.23. The van der Waals surface area contributed by atoms with Gasteiger partial charge in [-0.2, -0.15) is 11.8 Å². The molecule has 1 rings (SSSR count). The van der Waals surface area contributed by atoms with Gasteiger partial charge in [-0.1, -0.05) is 39.7 Å². The van der Waals surface area contributed by atoms with E-state index < -0.39 is 0 Å². The third-order valence-electron chi connectivity index (χ3n) is 1.99. The van der Waals surface area contributed by atoms with Crippen molar-refractivity contribution in [3.8, 4) is 0 Å². The van der Waals surface area contributed by atoms with E-state index in [-0.39, 0.29) is 0 Å². The van der Waals surface area contributed by atoms with E-state index in [2.05, 4.69) is 27.8 Å². The van der Waals surface area contributed by atoms with Crippen molar-refractivity contribution in [2.45, 2.75) is 6.54 Å². The molecule has 0 saturated heterocycles.